The Morgan fingerprint density at radius 3 is 1.98 bits per heavy atom. The van der Waals surface area contributed by atoms with Crippen LogP contribution in [0.3, 0.4) is 0 Å². The highest BCUT2D eigenvalue weighted by molar-refractivity contribution is 7.27. The molecular formula is C48H29N3S2. The zero-order chi connectivity index (χ0) is 35.2. The van der Waals surface area contributed by atoms with Crippen molar-refractivity contribution in [1.82, 2.24) is 0 Å². The van der Waals surface area contributed by atoms with Crippen LogP contribution in [0.4, 0.5) is 0 Å². The molecule has 2 heterocycles. The number of rotatable bonds is 3. The molecule has 0 fully saturated rings. The standard InChI is InChI=1S/C48H29N3S2/c49-47(51-48(50)37-19-9-21-41-44(37)36-14-5-6-20-40(36)52-41)35-18-8-15-32-33(35)16-7-17-34(32)38-25-30-23-22-27-10-3-4-13-31(27)43(30)46-45(38)39-24-28-11-1-2-12-29(28)26-42(39)53-46/h1-26H,(H3,49,50,51). The average Bonchev–Trinajstić information content (AvgIpc) is 3.77. The summed E-state index contributed by atoms with van der Waals surface area (Å²) in [7, 11) is 0. The quantitative estimate of drug-likeness (QED) is 0.107. The van der Waals surface area contributed by atoms with Gasteiger partial charge < -0.3 is 5.73 Å². The van der Waals surface area contributed by atoms with Crippen molar-refractivity contribution in [2.24, 2.45) is 10.7 Å². The highest BCUT2D eigenvalue weighted by atomic mass is 32.1. The molecule has 0 saturated heterocycles. The van der Waals surface area contributed by atoms with Crippen LogP contribution < -0.4 is 5.73 Å². The third kappa shape index (κ3) is 4.58. The van der Waals surface area contributed by atoms with E-state index < -0.39 is 0 Å². The summed E-state index contributed by atoms with van der Waals surface area (Å²) in [5.41, 5.74) is 10.8. The molecule has 0 saturated carbocycles. The summed E-state index contributed by atoms with van der Waals surface area (Å²) in [4.78, 5) is 4.77. The first kappa shape index (κ1) is 30.2. The summed E-state index contributed by atoms with van der Waals surface area (Å²) >= 11 is 3.63. The van der Waals surface area contributed by atoms with E-state index in [0.717, 1.165) is 42.9 Å². The Kier molecular flexibility index (Phi) is 6.59. The van der Waals surface area contributed by atoms with Crippen LogP contribution in [-0.2, 0) is 0 Å². The molecule has 11 rings (SSSR count). The topological polar surface area (TPSA) is 62.2 Å². The normalized spacial score (nSPS) is 12.4. The van der Waals surface area contributed by atoms with Gasteiger partial charge in [0.1, 0.15) is 5.84 Å². The van der Waals surface area contributed by atoms with E-state index in [-0.39, 0.29) is 5.84 Å². The molecule has 0 unspecified atom stereocenters. The van der Waals surface area contributed by atoms with E-state index in [1.165, 1.54) is 62.8 Å². The molecule has 0 bridgehead atoms. The highest BCUT2D eigenvalue weighted by Gasteiger charge is 2.20. The number of hydrogen-bond acceptors (Lipinski definition) is 3. The monoisotopic (exact) mass is 711 g/mol. The van der Waals surface area contributed by atoms with E-state index >= 15 is 0 Å². The maximum absolute atomic E-state index is 9.17. The van der Waals surface area contributed by atoms with Gasteiger partial charge in [-0.25, -0.2) is 4.99 Å². The van der Waals surface area contributed by atoms with Crippen molar-refractivity contribution in [1.29, 1.82) is 5.41 Å². The zero-order valence-corrected chi connectivity index (χ0v) is 30.0. The van der Waals surface area contributed by atoms with Gasteiger partial charge >= 0.3 is 0 Å². The maximum Gasteiger partial charge on any atom is 0.154 e. The number of nitrogens with two attached hydrogens (primary N) is 1. The Balaban J connectivity index is 1.14. The maximum atomic E-state index is 9.17. The first-order valence-electron chi connectivity index (χ1n) is 17.7. The van der Waals surface area contributed by atoms with Crippen LogP contribution >= 0.6 is 22.7 Å². The van der Waals surface area contributed by atoms with E-state index in [9.17, 15) is 0 Å². The van der Waals surface area contributed by atoms with Crippen LogP contribution in [0.25, 0.3) is 94.6 Å². The van der Waals surface area contributed by atoms with Gasteiger partial charge in [0.15, 0.2) is 5.84 Å². The van der Waals surface area contributed by atoms with Crippen molar-refractivity contribution >= 4 is 118 Å². The summed E-state index contributed by atoms with van der Waals surface area (Å²) in [6.45, 7) is 0. The van der Waals surface area contributed by atoms with Crippen LogP contribution in [0.1, 0.15) is 11.1 Å². The summed E-state index contributed by atoms with van der Waals surface area (Å²) in [6, 6.07) is 56.2. The molecule has 0 atom stereocenters. The number of thiophene rings is 2. The highest BCUT2D eigenvalue weighted by Crippen LogP contribution is 2.48. The van der Waals surface area contributed by atoms with E-state index in [4.69, 9.17) is 16.1 Å². The van der Waals surface area contributed by atoms with Crippen LogP contribution in [0.2, 0.25) is 0 Å². The number of amidine groups is 2. The van der Waals surface area contributed by atoms with Gasteiger partial charge in [-0.1, -0.05) is 127 Å². The lowest BCUT2D eigenvalue weighted by atomic mass is 9.89. The number of aliphatic imine (C=N–C) groups is 1. The van der Waals surface area contributed by atoms with Crippen molar-refractivity contribution in [2.75, 3.05) is 0 Å². The van der Waals surface area contributed by atoms with Crippen LogP contribution in [0.5, 0.6) is 0 Å². The van der Waals surface area contributed by atoms with Gasteiger partial charge in [-0.05, 0) is 79.2 Å². The molecule has 11 aromatic rings. The van der Waals surface area contributed by atoms with Crippen molar-refractivity contribution < 1.29 is 0 Å². The van der Waals surface area contributed by atoms with E-state index in [2.05, 4.69) is 133 Å². The molecule has 3 N–H and O–H groups in total. The zero-order valence-electron chi connectivity index (χ0n) is 28.4. The first-order chi connectivity index (χ1) is 26.1. The predicted molar refractivity (Wildman–Crippen MR) is 232 cm³/mol. The molecule has 2 aromatic heterocycles. The van der Waals surface area contributed by atoms with Crippen LogP contribution in [0.15, 0.2) is 163 Å². The fourth-order valence-electron chi connectivity index (χ4n) is 8.31. The minimum absolute atomic E-state index is 0.158. The van der Waals surface area contributed by atoms with Crippen molar-refractivity contribution in [3.05, 3.63) is 169 Å². The Morgan fingerprint density at radius 1 is 0.434 bits per heavy atom. The largest absolute Gasteiger partial charge is 0.383 e. The smallest absolute Gasteiger partial charge is 0.154 e. The van der Waals surface area contributed by atoms with Gasteiger partial charge in [0.05, 0.1) is 0 Å². The van der Waals surface area contributed by atoms with Gasteiger partial charge in [-0.15, -0.1) is 22.7 Å². The second-order valence-electron chi connectivity index (χ2n) is 13.6. The Morgan fingerprint density at radius 2 is 1.09 bits per heavy atom. The number of benzene rings is 9. The molecular weight excluding hydrogens is 683 g/mol. The Hall–Kier alpha value is -6.40. The fourth-order valence-corrected chi connectivity index (χ4v) is 10.8. The predicted octanol–water partition coefficient (Wildman–Crippen LogP) is 13.4. The number of nitrogens with one attached hydrogen (secondary N) is 1. The van der Waals surface area contributed by atoms with Gasteiger partial charge in [0, 0.05) is 56.9 Å². The van der Waals surface area contributed by atoms with Crippen molar-refractivity contribution in [2.45, 2.75) is 0 Å². The van der Waals surface area contributed by atoms with E-state index in [0.29, 0.717) is 5.84 Å². The van der Waals surface area contributed by atoms with Gasteiger partial charge in [0.2, 0.25) is 0 Å². The molecule has 0 amide bonds. The summed E-state index contributed by atoms with van der Waals surface area (Å²) < 4.78 is 4.92. The summed E-state index contributed by atoms with van der Waals surface area (Å²) in [5, 5.41) is 23.5. The van der Waals surface area contributed by atoms with Gasteiger partial charge in [-0.3, -0.25) is 5.41 Å². The molecule has 53 heavy (non-hydrogen) atoms. The molecule has 248 valence electrons. The number of hydrogen-bond donors (Lipinski definition) is 2. The number of nitrogens with zero attached hydrogens (tertiary/aromatic N) is 1. The lowest BCUT2D eigenvalue weighted by molar-refractivity contribution is 1.41. The second-order valence-corrected chi connectivity index (χ2v) is 15.8. The minimum Gasteiger partial charge on any atom is -0.383 e. The molecule has 0 aliphatic carbocycles. The lowest BCUT2D eigenvalue weighted by Crippen LogP contribution is -2.16. The average molecular weight is 712 g/mol. The van der Waals surface area contributed by atoms with Crippen molar-refractivity contribution in [3.8, 4) is 11.1 Å². The Bertz CT molecular complexity index is 3380. The fraction of sp³-hybridized carbons (Fsp3) is 0. The minimum atomic E-state index is 0.158. The van der Waals surface area contributed by atoms with Crippen LogP contribution in [0, 0.1) is 5.41 Å². The molecule has 0 radical (unpaired) electrons. The second kappa shape index (κ2) is 11.6. The molecule has 0 spiro atoms. The molecule has 9 aromatic carbocycles. The third-order valence-electron chi connectivity index (χ3n) is 10.7. The van der Waals surface area contributed by atoms with Gasteiger partial charge in [-0.2, -0.15) is 0 Å². The third-order valence-corrected chi connectivity index (χ3v) is 13.0. The first-order valence-corrected chi connectivity index (χ1v) is 19.3. The SMILES string of the molecule is N=C(/N=C(\N)c1cccc2c(-c3cc4ccc5ccccc5c4c4sc5cc6ccccc6cc5c34)cccc12)c1cccc2sc3ccccc3c12. The molecule has 3 nitrogen and oxygen atoms in total. The van der Waals surface area contributed by atoms with E-state index in [1.807, 2.05) is 35.6 Å². The molecule has 0 aliphatic rings. The van der Waals surface area contributed by atoms with Gasteiger partial charge in [0.25, 0.3) is 0 Å². The summed E-state index contributed by atoms with van der Waals surface area (Å²) in [5.74, 6) is 0.488. The molecule has 0 aliphatic heterocycles. The van der Waals surface area contributed by atoms with Crippen molar-refractivity contribution in [3.63, 3.8) is 0 Å². The summed E-state index contributed by atoms with van der Waals surface area (Å²) in [6.07, 6.45) is 0. The molecule has 5 heteroatoms. The van der Waals surface area contributed by atoms with E-state index in [1.54, 1.807) is 11.3 Å². The van der Waals surface area contributed by atoms with Crippen LogP contribution in [-0.4, -0.2) is 11.7 Å². The lowest BCUT2D eigenvalue weighted by Gasteiger charge is -2.14. The number of fused-ring (bicyclic) bond motifs is 12. The Labute approximate surface area is 312 Å².